The van der Waals surface area contributed by atoms with Gasteiger partial charge in [-0.1, -0.05) is 24.3 Å². The maximum atomic E-state index is 12.5. The number of hydroxylamine groups is 2. The van der Waals surface area contributed by atoms with Gasteiger partial charge in [0, 0.05) is 19.2 Å². The van der Waals surface area contributed by atoms with E-state index in [1.165, 1.54) is 23.3 Å². The third-order valence-corrected chi connectivity index (χ3v) is 4.25. The standard InChI is InChI=1S/C17H21N3O2/c1-19-11-16(18-12-19)17(21)20(22-2)10-14-8-5-7-13-6-3-4-9-15(13)14/h3-4,6,9,11-12,14H,5,7-8,10H2,1-2H3/t14-/m1/s1. The number of carbonyl (C=O) groups excluding carboxylic acids is 1. The van der Waals surface area contributed by atoms with Crippen molar-refractivity contribution < 1.29 is 9.63 Å². The van der Waals surface area contributed by atoms with Gasteiger partial charge in [0.1, 0.15) is 5.69 Å². The van der Waals surface area contributed by atoms with Crippen molar-refractivity contribution in [1.82, 2.24) is 14.6 Å². The number of hydrogen-bond donors (Lipinski definition) is 0. The van der Waals surface area contributed by atoms with Crippen LogP contribution in [0.4, 0.5) is 0 Å². The van der Waals surface area contributed by atoms with Crippen LogP contribution in [0.5, 0.6) is 0 Å². The fourth-order valence-electron chi connectivity index (χ4n) is 3.14. The molecule has 0 bridgehead atoms. The number of nitrogens with zero attached hydrogens (tertiary/aromatic N) is 3. The van der Waals surface area contributed by atoms with Crippen molar-refractivity contribution >= 4 is 5.91 Å². The van der Waals surface area contributed by atoms with Crippen molar-refractivity contribution in [2.24, 2.45) is 7.05 Å². The van der Waals surface area contributed by atoms with E-state index in [-0.39, 0.29) is 5.91 Å². The number of imidazole rings is 1. The summed E-state index contributed by atoms with van der Waals surface area (Å²) in [5.74, 6) is 0.128. The summed E-state index contributed by atoms with van der Waals surface area (Å²) < 4.78 is 1.76. The summed E-state index contributed by atoms with van der Waals surface area (Å²) in [6.07, 6.45) is 6.68. The van der Waals surface area contributed by atoms with Gasteiger partial charge in [-0.3, -0.25) is 9.63 Å². The Morgan fingerprint density at radius 2 is 2.27 bits per heavy atom. The van der Waals surface area contributed by atoms with Gasteiger partial charge in [-0.2, -0.15) is 0 Å². The van der Waals surface area contributed by atoms with Crippen LogP contribution in [0.2, 0.25) is 0 Å². The molecule has 0 spiro atoms. The van der Waals surface area contributed by atoms with Crippen molar-refractivity contribution in [1.29, 1.82) is 0 Å². The molecule has 5 heteroatoms. The molecule has 5 nitrogen and oxygen atoms in total. The second kappa shape index (κ2) is 6.32. The summed E-state index contributed by atoms with van der Waals surface area (Å²) in [7, 11) is 3.38. The van der Waals surface area contributed by atoms with Crippen LogP contribution in [-0.2, 0) is 18.3 Å². The fraction of sp³-hybridized carbons (Fsp3) is 0.412. The molecule has 22 heavy (non-hydrogen) atoms. The molecular formula is C17H21N3O2. The monoisotopic (exact) mass is 299 g/mol. The second-order valence-corrected chi connectivity index (χ2v) is 5.76. The highest BCUT2D eigenvalue weighted by Crippen LogP contribution is 2.32. The molecule has 0 N–H and O–H groups in total. The molecule has 0 aliphatic heterocycles. The summed E-state index contributed by atoms with van der Waals surface area (Å²) >= 11 is 0. The Bertz CT molecular complexity index is 665. The van der Waals surface area contributed by atoms with Gasteiger partial charge in [-0.25, -0.2) is 10.0 Å². The van der Waals surface area contributed by atoms with E-state index in [9.17, 15) is 4.79 Å². The first-order valence-electron chi connectivity index (χ1n) is 7.60. The quantitative estimate of drug-likeness (QED) is 0.815. The molecule has 0 fully saturated rings. The first-order chi connectivity index (χ1) is 10.7. The molecule has 0 radical (unpaired) electrons. The van der Waals surface area contributed by atoms with Crippen molar-refractivity contribution in [2.45, 2.75) is 25.2 Å². The molecule has 1 amide bonds. The largest absolute Gasteiger partial charge is 0.340 e. The number of benzene rings is 1. The van der Waals surface area contributed by atoms with Crippen LogP contribution in [0.3, 0.4) is 0 Å². The molecule has 1 atom stereocenters. The van der Waals surface area contributed by atoms with E-state index in [4.69, 9.17) is 4.84 Å². The Balaban J connectivity index is 1.78. The Labute approximate surface area is 130 Å². The summed E-state index contributed by atoms with van der Waals surface area (Å²) in [5, 5.41) is 1.43. The number of aromatic nitrogens is 2. The first-order valence-corrected chi connectivity index (χ1v) is 7.60. The minimum absolute atomic E-state index is 0.189. The lowest BCUT2D eigenvalue weighted by Gasteiger charge is -2.29. The zero-order valence-electron chi connectivity index (χ0n) is 13.0. The van der Waals surface area contributed by atoms with Crippen LogP contribution in [-0.4, -0.2) is 34.2 Å². The third kappa shape index (κ3) is 2.90. The molecule has 1 aromatic carbocycles. The molecule has 1 aliphatic rings. The van der Waals surface area contributed by atoms with Crippen LogP contribution in [0, 0.1) is 0 Å². The van der Waals surface area contributed by atoms with E-state index in [2.05, 4.69) is 29.2 Å². The first kappa shape index (κ1) is 14.8. The Kier molecular flexibility index (Phi) is 4.24. The summed E-state index contributed by atoms with van der Waals surface area (Å²) in [6.45, 7) is 0.558. The molecule has 0 saturated carbocycles. The number of amides is 1. The molecule has 2 aromatic rings. The zero-order valence-corrected chi connectivity index (χ0v) is 13.0. The summed E-state index contributed by atoms with van der Waals surface area (Å²) in [4.78, 5) is 21.9. The van der Waals surface area contributed by atoms with Gasteiger partial charge in [-0.05, 0) is 30.4 Å². The highest BCUT2D eigenvalue weighted by molar-refractivity contribution is 5.91. The van der Waals surface area contributed by atoms with E-state index in [0.29, 0.717) is 18.2 Å². The van der Waals surface area contributed by atoms with Crippen molar-refractivity contribution in [2.75, 3.05) is 13.7 Å². The maximum Gasteiger partial charge on any atom is 0.297 e. The lowest BCUT2D eigenvalue weighted by Crippen LogP contribution is -2.35. The van der Waals surface area contributed by atoms with E-state index in [1.807, 2.05) is 7.05 Å². The lowest BCUT2D eigenvalue weighted by molar-refractivity contribution is -0.0992. The number of hydrogen-bond acceptors (Lipinski definition) is 3. The van der Waals surface area contributed by atoms with Crippen LogP contribution in [0.15, 0.2) is 36.8 Å². The Morgan fingerprint density at radius 1 is 1.45 bits per heavy atom. The minimum Gasteiger partial charge on any atom is -0.340 e. The van der Waals surface area contributed by atoms with Crippen LogP contribution in [0.25, 0.3) is 0 Å². The average Bonchev–Trinajstić information content (AvgIpc) is 2.98. The minimum atomic E-state index is -0.189. The summed E-state index contributed by atoms with van der Waals surface area (Å²) in [6, 6.07) is 8.49. The lowest BCUT2D eigenvalue weighted by atomic mass is 9.83. The number of fused-ring (bicyclic) bond motifs is 1. The van der Waals surface area contributed by atoms with Gasteiger partial charge >= 0.3 is 0 Å². The van der Waals surface area contributed by atoms with Crippen molar-refractivity contribution in [3.05, 3.63) is 53.6 Å². The van der Waals surface area contributed by atoms with Gasteiger partial charge in [-0.15, -0.1) is 0 Å². The number of carbonyl (C=O) groups is 1. The van der Waals surface area contributed by atoms with Gasteiger partial charge in [0.25, 0.3) is 5.91 Å². The van der Waals surface area contributed by atoms with Crippen molar-refractivity contribution in [3.8, 4) is 0 Å². The molecule has 1 heterocycles. The molecule has 116 valence electrons. The Morgan fingerprint density at radius 3 is 3.00 bits per heavy atom. The SMILES string of the molecule is CON(C[C@H]1CCCc2ccccc21)C(=O)c1cn(C)cn1. The van der Waals surface area contributed by atoms with E-state index < -0.39 is 0 Å². The van der Waals surface area contributed by atoms with Gasteiger partial charge < -0.3 is 4.57 Å². The van der Waals surface area contributed by atoms with Gasteiger partial charge in [0.05, 0.1) is 20.0 Å². The topological polar surface area (TPSA) is 47.4 Å². The molecule has 1 aromatic heterocycles. The number of aryl methyl sites for hydroxylation is 2. The van der Waals surface area contributed by atoms with E-state index in [1.54, 1.807) is 17.1 Å². The van der Waals surface area contributed by atoms with Gasteiger partial charge in [0.2, 0.25) is 0 Å². The molecule has 3 rings (SSSR count). The predicted molar refractivity (Wildman–Crippen MR) is 83.4 cm³/mol. The second-order valence-electron chi connectivity index (χ2n) is 5.76. The molecular weight excluding hydrogens is 278 g/mol. The molecule has 1 aliphatic carbocycles. The average molecular weight is 299 g/mol. The maximum absolute atomic E-state index is 12.5. The summed E-state index contributed by atoms with van der Waals surface area (Å²) in [5.41, 5.74) is 3.14. The fourth-order valence-corrected chi connectivity index (χ4v) is 3.14. The predicted octanol–water partition coefficient (Wildman–Crippen LogP) is 2.54. The molecule has 0 unspecified atom stereocenters. The highest BCUT2D eigenvalue weighted by Gasteiger charge is 2.26. The van der Waals surface area contributed by atoms with E-state index >= 15 is 0 Å². The van der Waals surface area contributed by atoms with Gasteiger partial charge in [0.15, 0.2) is 0 Å². The Hall–Kier alpha value is -2.14. The smallest absolute Gasteiger partial charge is 0.297 e. The highest BCUT2D eigenvalue weighted by atomic mass is 16.7. The molecule has 0 saturated heterocycles. The van der Waals surface area contributed by atoms with Crippen molar-refractivity contribution in [3.63, 3.8) is 0 Å². The van der Waals surface area contributed by atoms with Crippen LogP contribution >= 0.6 is 0 Å². The number of rotatable bonds is 4. The third-order valence-electron chi connectivity index (χ3n) is 4.25. The van der Waals surface area contributed by atoms with Crippen LogP contribution in [0.1, 0.15) is 40.4 Å². The normalized spacial score (nSPS) is 17.1. The van der Waals surface area contributed by atoms with Crippen LogP contribution < -0.4 is 0 Å². The zero-order chi connectivity index (χ0) is 15.5. The van der Waals surface area contributed by atoms with E-state index in [0.717, 1.165) is 19.3 Å².